The van der Waals surface area contributed by atoms with Crippen molar-refractivity contribution < 1.29 is 9.53 Å². The lowest BCUT2D eigenvalue weighted by Crippen LogP contribution is -2.38. The van der Waals surface area contributed by atoms with Gasteiger partial charge in [0.05, 0.1) is 18.8 Å². The van der Waals surface area contributed by atoms with E-state index < -0.39 is 0 Å². The quantitative estimate of drug-likeness (QED) is 0.437. The van der Waals surface area contributed by atoms with Crippen LogP contribution in [0.2, 0.25) is 0 Å². The van der Waals surface area contributed by atoms with E-state index in [1.165, 1.54) is 5.56 Å². The summed E-state index contributed by atoms with van der Waals surface area (Å²) in [7, 11) is 5.08. The molecule has 1 heterocycles. The van der Waals surface area contributed by atoms with Gasteiger partial charge in [-0.1, -0.05) is 12.1 Å². The number of amides is 1. The standard InChI is InChI=1S/C21H32N6O2/c1-15-19(16(2)27(26-15)11-12-29-5)14-25-21(23-4)24-10-9-17-7-6-8-18(13-17)20(28)22-3/h6-8,13H,9-12,14H2,1-5H3,(H,22,28)(H2,23,24,25). The van der Waals surface area contributed by atoms with E-state index in [1.54, 1.807) is 21.2 Å². The monoisotopic (exact) mass is 400 g/mol. The lowest BCUT2D eigenvalue weighted by atomic mass is 10.1. The molecule has 0 aliphatic rings. The van der Waals surface area contributed by atoms with E-state index in [9.17, 15) is 4.79 Å². The molecular formula is C21H32N6O2. The van der Waals surface area contributed by atoms with Gasteiger partial charge in [0.2, 0.25) is 0 Å². The molecule has 0 bridgehead atoms. The van der Waals surface area contributed by atoms with E-state index in [1.807, 2.05) is 35.9 Å². The van der Waals surface area contributed by atoms with E-state index in [0.29, 0.717) is 25.3 Å². The topological polar surface area (TPSA) is 92.6 Å². The minimum atomic E-state index is -0.0749. The second-order valence-corrected chi connectivity index (χ2v) is 6.75. The molecular weight excluding hydrogens is 368 g/mol. The maximum Gasteiger partial charge on any atom is 0.251 e. The lowest BCUT2D eigenvalue weighted by Gasteiger charge is -2.13. The molecule has 0 saturated heterocycles. The Balaban J connectivity index is 1.88. The Labute approximate surface area is 172 Å². The van der Waals surface area contributed by atoms with Crippen molar-refractivity contribution in [2.45, 2.75) is 33.4 Å². The van der Waals surface area contributed by atoms with E-state index in [0.717, 1.165) is 35.9 Å². The van der Waals surface area contributed by atoms with Gasteiger partial charge in [-0.2, -0.15) is 5.10 Å². The Bertz CT molecular complexity index is 844. The van der Waals surface area contributed by atoms with Crippen molar-refractivity contribution >= 4 is 11.9 Å². The number of aryl methyl sites for hydroxylation is 1. The van der Waals surface area contributed by atoms with Gasteiger partial charge in [0, 0.05) is 51.1 Å². The summed E-state index contributed by atoms with van der Waals surface area (Å²) in [5.74, 6) is 0.657. The molecule has 2 aromatic rings. The van der Waals surface area contributed by atoms with Gasteiger partial charge in [0.15, 0.2) is 5.96 Å². The average Bonchev–Trinajstić information content (AvgIpc) is 3.01. The van der Waals surface area contributed by atoms with Gasteiger partial charge in [0.25, 0.3) is 5.91 Å². The zero-order valence-corrected chi connectivity index (χ0v) is 18.0. The molecule has 0 radical (unpaired) electrons. The fourth-order valence-electron chi connectivity index (χ4n) is 3.12. The number of carbonyl (C=O) groups is 1. The molecule has 29 heavy (non-hydrogen) atoms. The van der Waals surface area contributed by atoms with Crippen LogP contribution >= 0.6 is 0 Å². The predicted molar refractivity (Wildman–Crippen MR) is 115 cm³/mol. The summed E-state index contributed by atoms with van der Waals surface area (Å²) in [4.78, 5) is 16.1. The molecule has 1 aromatic carbocycles. The summed E-state index contributed by atoms with van der Waals surface area (Å²) < 4.78 is 7.12. The number of aliphatic imine (C=N–C) groups is 1. The summed E-state index contributed by atoms with van der Waals surface area (Å²) in [5, 5.41) is 13.9. The van der Waals surface area contributed by atoms with Crippen LogP contribution in [0, 0.1) is 13.8 Å². The molecule has 0 unspecified atom stereocenters. The summed E-state index contributed by atoms with van der Waals surface area (Å²) in [6.07, 6.45) is 0.790. The highest BCUT2D eigenvalue weighted by Crippen LogP contribution is 2.12. The zero-order chi connectivity index (χ0) is 21.2. The number of ether oxygens (including phenoxy) is 1. The summed E-state index contributed by atoms with van der Waals surface area (Å²) in [5.41, 5.74) is 5.08. The number of methoxy groups -OCH3 is 1. The molecule has 1 aromatic heterocycles. The van der Waals surface area contributed by atoms with Crippen molar-refractivity contribution in [3.05, 3.63) is 52.3 Å². The highest BCUT2D eigenvalue weighted by Gasteiger charge is 2.12. The van der Waals surface area contributed by atoms with Gasteiger partial charge in [-0.25, -0.2) is 0 Å². The second-order valence-electron chi connectivity index (χ2n) is 6.75. The van der Waals surface area contributed by atoms with Crippen LogP contribution in [0.5, 0.6) is 0 Å². The lowest BCUT2D eigenvalue weighted by molar-refractivity contribution is 0.0963. The van der Waals surface area contributed by atoms with Gasteiger partial charge in [-0.3, -0.25) is 14.5 Å². The molecule has 0 aliphatic heterocycles. The number of carbonyl (C=O) groups excluding carboxylic acids is 1. The maximum atomic E-state index is 11.8. The number of nitrogens with one attached hydrogen (secondary N) is 3. The van der Waals surface area contributed by atoms with Gasteiger partial charge >= 0.3 is 0 Å². The van der Waals surface area contributed by atoms with E-state index in [4.69, 9.17) is 4.74 Å². The number of hydrogen-bond acceptors (Lipinski definition) is 4. The van der Waals surface area contributed by atoms with Crippen LogP contribution in [0.1, 0.15) is 32.9 Å². The predicted octanol–water partition coefficient (Wildman–Crippen LogP) is 1.41. The molecule has 8 nitrogen and oxygen atoms in total. The van der Waals surface area contributed by atoms with Gasteiger partial charge in [0.1, 0.15) is 0 Å². The second kappa shape index (κ2) is 11.2. The number of hydrogen-bond donors (Lipinski definition) is 3. The number of benzene rings is 1. The largest absolute Gasteiger partial charge is 0.383 e. The number of guanidine groups is 1. The van der Waals surface area contributed by atoms with Crippen molar-refractivity contribution in [1.82, 2.24) is 25.7 Å². The van der Waals surface area contributed by atoms with E-state index in [2.05, 4.69) is 33.0 Å². The molecule has 2 rings (SSSR count). The highest BCUT2D eigenvalue weighted by molar-refractivity contribution is 5.94. The van der Waals surface area contributed by atoms with E-state index in [-0.39, 0.29) is 5.91 Å². The minimum Gasteiger partial charge on any atom is -0.383 e. The van der Waals surface area contributed by atoms with Gasteiger partial charge < -0.3 is 20.7 Å². The van der Waals surface area contributed by atoms with Crippen molar-refractivity contribution in [3.63, 3.8) is 0 Å². The van der Waals surface area contributed by atoms with Gasteiger partial charge in [-0.15, -0.1) is 0 Å². The van der Waals surface area contributed by atoms with Crippen molar-refractivity contribution in [1.29, 1.82) is 0 Å². The molecule has 1 amide bonds. The summed E-state index contributed by atoms with van der Waals surface area (Å²) in [6.45, 7) is 6.83. The first-order valence-corrected chi connectivity index (χ1v) is 9.77. The Kier molecular flexibility index (Phi) is 8.67. The van der Waals surface area contributed by atoms with Crippen LogP contribution in [0.25, 0.3) is 0 Å². The van der Waals surface area contributed by atoms with Crippen molar-refractivity contribution in [3.8, 4) is 0 Å². The molecule has 0 spiro atoms. The fourth-order valence-corrected chi connectivity index (χ4v) is 3.12. The van der Waals surface area contributed by atoms with Crippen LogP contribution in [-0.2, 0) is 24.2 Å². The third kappa shape index (κ3) is 6.32. The molecule has 0 atom stereocenters. The molecule has 158 valence electrons. The third-order valence-electron chi connectivity index (χ3n) is 4.82. The normalized spacial score (nSPS) is 11.4. The molecule has 0 aliphatic carbocycles. The van der Waals surface area contributed by atoms with Crippen LogP contribution in [-0.4, -0.2) is 56.0 Å². The molecule has 0 saturated carbocycles. The Morgan fingerprint density at radius 1 is 1.28 bits per heavy atom. The first kappa shape index (κ1) is 22.4. The Morgan fingerprint density at radius 3 is 2.76 bits per heavy atom. The third-order valence-corrected chi connectivity index (χ3v) is 4.82. The number of nitrogens with zero attached hydrogens (tertiary/aromatic N) is 3. The SMILES string of the molecule is CN=C(NCCc1cccc(C(=O)NC)c1)NCc1c(C)nn(CCOC)c1C. The zero-order valence-electron chi connectivity index (χ0n) is 18.0. The summed E-state index contributed by atoms with van der Waals surface area (Å²) in [6, 6.07) is 7.65. The molecule has 0 fully saturated rings. The summed E-state index contributed by atoms with van der Waals surface area (Å²) >= 11 is 0. The fraction of sp³-hybridized carbons (Fsp3) is 0.476. The van der Waals surface area contributed by atoms with Crippen molar-refractivity contribution in [2.24, 2.45) is 4.99 Å². The van der Waals surface area contributed by atoms with Crippen LogP contribution < -0.4 is 16.0 Å². The first-order chi connectivity index (χ1) is 14.0. The number of rotatable bonds is 9. The first-order valence-electron chi connectivity index (χ1n) is 9.77. The highest BCUT2D eigenvalue weighted by atomic mass is 16.5. The maximum absolute atomic E-state index is 11.8. The van der Waals surface area contributed by atoms with Crippen molar-refractivity contribution in [2.75, 3.05) is 34.4 Å². The van der Waals surface area contributed by atoms with Gasteiger partial charge in [-0.05, 0) is 38.0 Å². The smallest absolute Gasteiger partial charge is 0.251 e. The van der Waals surface area contributed by atoms with Crippen LogP contribution in [0.15, 0.2) is 29.3 Å². The molecule has 8 heteroatoms. The number of aromatic nitrogens is 2. The molecule has 3 N–H and O–H groups in total. The Morgan fingerprint density at radius 2 is 2.07 bits per heavy atom. The Hall–Kier alpha value is -2.87. The minimum absolute atomic E-state index is 0.0749. The van der Waals surface area contributed by atoms with Crippen LogP contribution in [0.4, 0.5) is 0 Å². The van der Waals surface area contributed by atoms with Crippen LogP contribution in [0.3, 0.4) is 0 Å². The van der Waals surface area contributed by atoms with E-state index >= 15 is 0 Å². The average molecular weight is 401 g/mol.